The average molecular weight is 276 g/mol. The number of hydrogen-bond donors (Lipinski definition) is 1. The van der Waals surface area contributed by atoms with E-state index in [4.69, 9.17) is 11.6 Å². The fourth-order valence-corrected chi connectivity index (χ4v) is 3.00. The summed E-state index contributed by atoms with van der Waals surface area (Å²) >= 11 is 6.10. The predicted molar refractivity (Wildman–Crippen MR) is 79.7 cm³/mol. The van der Waals surface area contributed by atoms with Gasteiger partial charge in [0, 0.05) is 16.8 Å². The topological polar surface area (TPSA) is 37.8 Å². The molecule has 1 fully saturated rings. The summed E-state index contributed by atoms with van der Waals surface area (Å²) in [5.74, 6) is 0.868. The van der Waals surface area contributed by atoms with Gasteiger partial charge in [-0.15, -0.1) is 10.2 Å². The fraction of sp³-hybridized carbons (Fsp3) is 0.467. The Morgan fingerprint density at radius 3 is 2.37 bits per heavy atom. The summed E-state index contributed by atoms with van der Waals surface area (Å²) in [6.45, 7) is 0. The van der Waals surface area contributed by atoms with E-state index in [-0.39, 0.29) is 0 Å². The Hall–Kier alpha value is -1.35. The van der Waals surface area contributed by atoms with Crippen LogP contribution in [0.15, 0.2) is 24.3 Å². The summed E-state index contributed by atoms with van der Waals surface area (Å²) in [6.07, 6.45) is 7.75. The Labute approximate surface area is 118 Å². The molecule has 0 atom stereocenters. The van der Waals surface area contributed by atoms with Gasteiger partial charge in [-0.2, -0.15) is 0 Å². The molecule has 19 heavy (non-hydrogen) atoms. The van der Waals surface area contributed by atoms with Gasteiger partial charge in [-0.25, -0.2) is 0 Å². The highest BCUT2D eigenvalue weighted by molar-refractivity contribution is 6.34. The number of nitrogens with one attached hydrogen (secondary N) is 1. The molecule has 1 aliphatic carbocycles. The van der Waals surface area contributed by atoms with Crippen LogP contribution in [0.5, 0.6) is 0 Å². The smallest absolute Gasteiger partial charge is 0.159 e. The molecule has 2 aromatic rings. The quantitative estimate of drug-likeness (QED) is 0.825. The zero-order chi connectivity index (χ0) is 13.1. The van der Waals surface area contributed by atoms with Crippen molar-refractivity contribution in [2.24, 2.45) is 0 Å². The van der Waals surface area contributed by atoms with E-state index in [1.165, 1.54) is 38.5 Å². The number of hydrogen-bond acceptors (Lipinski definition) is 3. The predicted octanol–water partition coefficient (Wildman–Crippen LogP) is 4.42. The molecule has 0 spiro atoms. The molecule has 1 N–H and O–H groups in total. The highest BCUT2D eigenvalue weighted by Crippen LogP contribution is 2.28. The van der Waals surface area contributed by atoms with Gasteiger partial charge in [-0.3, -0.25) is 0 Å². The van der Waals surface area contributed by atoms with Crippen LogP contribution in [0.25, 0.3) is 10.8 Å². The van der Waals surface area contributed by atoms with Crippen molar-refractivity contribution < 1.29 is 0 Å². The van der Waals surface area contributed by atoms with Crippen molar-refractivity contribution in [3.63, 3.8) is 0 Å². The minimum atomic E-state index is 0.474. The average Bonchev–Trinajstić information content (AvgIpc) is 2.71. The van der Waals surface area contributed by atoms with Gasteiger partial charge in [0.25, 0.3) is 0 Å². The Morgan fingerprint density at radius 1 is 0.947 bits per heavy atom. The highest BCUT2D eigenvalue weighted by Gasteiger charge is 2.14. The van der Waals surface area contributed by atoms with E-state index in [1.807, 2.05) is 18.2 Å². The Balaban J connectivity index is 1.90. The van der Waals surface area contributed by atoms with Gasteiger partial charge in [0.1, 0.15) is 0 Å². The third kappa shape index (κ3) is 2.81. The SMILES string of the molecule is Clc1nnc(NC2CCCCCC2)c2ccccc12. The van der Waals surface area contributed by atoms with Crippen LogP contribution in [0.2, 0.25) is 5.15 Å². The van der Waals surface area contributed by atoms with E-state index in [0.29, 0.717) is 11.2 Å². The first-order chi connectivity index (χ1) is 9.34. The monoisotopic (exact) mass is 275 g/mol. The van der Waals surface area contributed by atoms with Crippen molar-refractivity contribution in [1.82, 2.24) is 10.2 Å². The molecule has 0 saturated heterocycles. The van der Waals surface area contributed by atoms with Crippen molar-refractivity contribution >= 4 is 28.2 Å². The molecule has 0 amide bonds. The summed E-state index contributed by atoms with van der Waals surface area (Å²) < 4.78 is 0. The molecule has 1 heterocycles. The van der Waals surface area contributed by atoms with Gasteiger partial charge in [0.2, 0.25) is 0 Å². The van der Waals surface area contributed by atoms with Crippen molar-refractivity contribution in [3.05, 3.63) is 29.4 Å². The third-order valence-electron chi connectivity index (χ3n) is 3.84. The Bertz CT molecular complexity index is 562. The fourth-order valence-electron chi connectivity index (χ4n) is 2.79. The first-order valence-corrected chi connectivity index (χ1v) is 7.40. The summed E-state index contributed by atoms with van der Waals surface area (Å²) in [7, 11) is 0. The molecule has 1 saturated carbocycles. The molecule has 4 heteroatoms. The van der Waals surface area contributed by atoms with Crippen LogP contribution in [0.4, 0.5) is 5.82 Å². The van der Waals surface area contributed by atoms with E-state index >= 15 is 0 Å². The molecule has 3 nitrogen and oxygen atoms in total. The second kappa shape index (κ2) is 5.74. The zero-order valence-corrected chi connectivity index (χ0v) is 11.7. The molecular weight excluding hydrogens is 258 g/mol. The number of anilines is 1. The van der Waals surface area contributed by atoms with Crippen molar-refractivity contribution in [2.75, 3.05) is 5.32 Å². The van der Waals surface area contributed by atoms with Crippen molar-refractivity contribution in [1.29, 1.82) is 0 Å². The maximum atomic E-state index is 6.10. The Kier molecular flexibility index (Phi) is 3.83. The van der Waals surface area contributed by atoms with Gasteiger partial charge in [-0.1, -0.05) is 61.5 Å². The molecule has 0 unspecified atom stereocenters. The normalized spacial score (nSPS) is 17.3. The Morgan fingerprint density at radius 2 is 1.63 bits per heavy atom. The summed E-state index contributed by atoms with van der Waals surface area (Å²) in [6, 6.07) is 8.55. The molecule has 3 rings (SSSR count). The molecule has 0 radical (unpaired) electrons. The van der Waals surface area contributed by atoms with E-state index in [2.05, 4.69) is 21.6 Å². The number of halogens is 1. The van der Waals surface area contributed by atoms with Crippen LogP contribution in [-0.4, -0.2) is 16.2 Å². The lowest BCUT2D eigenvalue weighted by Gasteiger charge is -2.17. The third-order valence-corrected chi connectivity index (χ3v) is 4.12. The van der Waals surface area contributed by atoms with Crippen LogP contribution in [0.1, 0.15) is 38.5 Å². The van der Waals surface area contributed by atoms with E-state index in [0.717, 1.165) is 16.6 Å². The number of rotatable bonds is 2. The first-order valence-electron chi connectivity index (χ1n) is 7.02. The first kappa shape index (κ1) is 12.7. The number of nitrogens with zero attached hydrogens (tertiary/aromatic N) is 2. The second-order valence-corrected chi connectivity index (χ2v) is 5.58. The van der Waals surface area contributed by atoms with Crippen LogP contribution in [-0.2, 0) is 0 Å². The van der Waals surface area contributed by atoms with Crippen LogP contribution in [0.3, 0.4) is 0 Å². The molecule has 100 valence electrons. The standard InChI is InChI=1S/C15H18ClN3/c16-14-12-9-5-6-10-13(12)15(19-18-14)17-11-7-3-1-2-4-8-11/h5-6,9-11H,1-4,7-8H2,(H,17,19). The highest BCUT2D eigenvalue weighted by atomic mass is 35.5. The molecule has 1 aliphatic rings. The molecular formula is C15H18ClN3. The van der Waals surface area contributed by atoms with Gasteiger partial charge in [-0.05, 0) is 12.8 Å². The molecule has 1 aromatic heterocycles. The van der Waals surface area contributed by atoms with Crippen LogP contribution < -0.4 is 5.32 Å². The summed E-state index contributed by atoms with van der Waals surface area (Å²) in [5, 5.41) is 14.3. The summed E-state index contributed by atoms with van der Waals surface area (Å²) in [5.41, 5.74) is 0. The largest absolute Gasteiger partial charge is 0.365 e. The van der Waals surface area contributed by atoms with Crippen LogP contribution in [0, 0.1) is 0 Å². The number of benzene rings is 1. The van der Waals surface area contributed by atoms with Crippen molar-refractivity contribution in [3.8, 4) is 0 Å². The van der Waals surface area contributed by atoms with Gasteiger partial charge < -0.3 is 5.32 Å². The van der Waals surface area contributed by atoms with E-state index < -0.39 is 0 Å². The number of fused-ring (bicyclic) bond motifs is 1. The molecule has 0 bridgehead atoms. The van der Waals surface area contributed by atoms with Crippen LogP contribution >= 0.6 is 11.6 Å². The summed E-state index contributed by atoms with van der Waals surface area (Å²) in [4.78, 5) is 0. The minimum absolute atomic E-state index is 0.474. The zero-order valence-electron chi connectivity index (χ0n) is 10.9. The molecule has 0 aliphatic heterocycles. The lowest BCUT2D eigenvalue weighted by Crippen LogP contribution is -2.19. The maximum Gasteiger partial charge on any atom is 0.159 e. The van der Waals surface area contributed by atoms with Crippen molar-refractivity contribution in [2.45, 2.75) is 44.6 Å². The second-order valence-electron chi connectivity index (χ2n) is 5.22. The lowest BCUT2D eigenvalue weighted by atomic mass is 10.1. The van der Waals surface area contributed by atoms with E-state index in [9.17, 15) is 0 Å². The van der Waals surface area contributed by atoms with Gasteiger partial charge >= 0.3 is 0 Å². The van der Waals surface area contributed by atoms with E-state index in [1.54, 1.807) is 0 Å². The minimum Gasteiger partial charge on any atom is -0.365 e. The molecule has 1 aromatic carbocycles. The number of aromatic nitrogens is 2. The van der Waals surface area contributed by atoms with Gasteiger partial charge in [0.15, 0.2) is 11.0 Å². The maximum absolute atomic E-state index is 6.10. The van der Waals surface area contributed by atoms with Gasteiger partial charge in [0.05, 0.1) is 0 Å². The lowest BCUT2D eigenvalue weighted by molar-refractivity contribution is 0.617.